The van der Waals surface area contributed by atoms with Gasteiger partial charge in [-0.1, -0.05) is 19.3 Å². The van der Waals surface area contributed by atoms with Gasteiger partial charge in [0.05, 0.1) is 0 Å². The van der Waals surface area contributed by atoms with E-state index in [4.69, 9.17) is 5.11 Å². The fourth-order valence-electron chi connectivity index (χ4n) is 1.64. The highest BCUT2D eigenvalue weighted by Gasteiger charge is 2.15. The molecule has 0 saturated heterocycles. The monoisotopic (exact) mass is 173 g/mol. The molecule has 0 bridgehead atoms. The Labute approximate surface area is 74.0 Å². The third-order valence-corrected chi connectivity index (χ3v) is 2.19. The standard InChI is InChI=1S/C8H14O2.CH5N/c9-8(10)6-7-4-2-1-3-5-7;1-2/h7H,1-6H2,(H,9,10);2H2,1H3. The zero-order valence-corrected chi connectivity index (χ0v) is 7.75. The molecule has 1 saturated carbocycles. The van der Waals surface area contributed by atoms with Gasteiger partial charge < -0.3 is 10.8 Å². The molecule has 0 unspecified atom stereocenters. The van der Waals surface area contributed by atoms with E-state index in [0.717, 1.165) is 12.8 Å². The smallest absolute Gasteiger partial charge is 0.303 e. The van der Waals surface area contributed by atoms with Gasteiger partial charge in [0.15, 0.2) is 0 Å². The molecule has 72 valence electrons. The quantitative estimate of drug-likeness (QED) is 0.667. The van der Waals surface area contributed by atoms with Crippen LogP contribution in [0.1, 0.15) is 38.5 Å². The van der Waals surface area contributed by atoms with Crippen LogP contribution in [0.5, 0.6) is 0 Å². The van der Waals surface area contributed by atoms with Crippen molar-refractivity contribution in [3.63, 3.8) is 0 Å². The third kappa shape index (κ3) is 5.13. The van der Waals surface area contributed by atoms with Crippen molar-refractivity contribution in [3.05, 3.63) is 0 Å². The summed E-state index contributed by atoms with van der Waals surface area (Å²) in [5.41, 5.74) is 4.50. The van der Waals surface area contributed by atoms with Crippen LogP contribution in [-0.4, -0.2) is 18.1 Å². The normalized spacial score (nSPS) is 17.8. The van der Waals surface area contributed by atoms with Crippen molar-refractivity contribution in [1.82, 2.24) is 0 Å². The molecule has 1 aliphatic carbocycles. The topological polar surface area (TPSA) is 63.3 Å². The van der Waals surface area contributed by atoms with Gasteiger partial charge >= 0.3 is 5.97 Å². The van der Waals surface area contributed by atoms with E-state index in [1.807, 2.05) is 0 Å². The maximum absolute atomic E-state index is 10.3. The Kier molecular flexibility index (Phi) is 6.76. The lowest BCUT2D eigenvalue weighted by Gasteiger charge is -2.18. The summed E-state index contributed by atoms with van der Waals surface area (Å²) in [6.07, 6.45) is 6.42. The van der Waals surface area contributed by atoms with Gasteiger partial charge in [0, 0.05) is 6.42 Å². The second-order valence-corrected chi connectivity index (χ2v) is 3.10. The van der Waals surface area contributed by atoms with Crippen molar-refractivity contribution < 1.29 is 9.90 Å². The van der Waals surface area contributed by atoms with Crippen molar-refractivity contribution in [3.8, 4) is 0 Å². The zero-order chi connectivity index (χ0) is 9.40. The zero-order valence-electron chi connectivity index (χ0n) is 7.75. The molecule has 0 heterocycles. The molecule has 0 radical (unpaired) electrons. The predicted octanol–water partition coefficient (Wildman–Crippen LogP) is 1.62. The first kappa shape index (κ1) is 11.4. The summed E-state index contributed by atoms with van der Waals surface area (Å²) in [5.74, 6) is -0.154. The predicted molar refractivity (Wildman–Crippen MR) is 48.9 cm³/mol. The lowest BCUT2D eigenvalue weighted by atomic mass is 9.87. The highest BCUT2D eigenvalue weighted by molar-refractivity contribution is 5.66. The SMILES string of the molecule is CN.O=C(O)CC1CCCCC1. The van der Waals surface area contributed by atoms with Gasteiger partial charge in [-0.2, -0.15) is 0 Å². The van der Waals surface area contributed by atoms with Gasteiger partial charge in [-0.3, -0.25) is 4.79 Å². The minimum absolute atomic E-state index is 0.389. The Morgan fingerprint density at radius 1 is 1.33 bits per heavy atom. The molecule has 0 amide bonds. The molecule has 0 aromatic carbocycles. The van der Waals surface area contributed by atoms with Crippen LogP contribution in [0.3, 0.4) is 0 Å². The summed E-state index contributed by atoms with van der Waals surface area (Å²) in [7, 11) is 1.50. The molecule has 1 rings (SSSR count). The average Bonchev–Trinajstić information content (AvgIpc) is 2.08. The van der Waals surface area contributed by atoms with E-state index in [1.54, 1.807) is 0 Å². The first-order chi connectivity index (χ1) is 5.79. The number of carbonyl (C=O) groups is 1. The van der Waals surface area contributed by atoms with Gasteiger partial charge in [0.2, 0.25) is 0 Å². The van der Waals surface area contributed by atoms with Crippen LogP contribution in [0, 0.1) is 5.92 Å². The van der Waals surface area contributed by atoms with Crippen molar-refractivity contribution in [2.45, 2.75) is 38.5 Å². The number of aliphatic carboxylic acids is 1. The van der Waals surface area contributed by atoms with Crippen LogP contribution in [0.25, 0.3) is 0 Å². The maximum Gasteiger partial charge on any atom is 0.303 e. The summed E-state index contributed by atoms with van der Waals surface area (Å²) in [5, 5.41) is 8.47. The highest BCUT2D eigenvalue weighted by Crippen LogP contribution is 2.25. The summed E-state index contributed by atoms with van der Waals surface area (Å²) in [6, 6.07) is 0. The van der Waals surface area contributed by atoms with Gasteiger partial charge in [0.1, 0.15) is 0 Å². The molecule has 3 nitrogen and oxygen atoms in total. The van der Waals surface area contributed by atoms with Crippen LogP contribution in [0.4, 0.5) is 0 Å². The van der Waals surface area contributed by atoms with Crippen LogP contribution in [0.15, 0.2) is 0 Å². The summed E-state index contributed by atoms with van der Waals surface area (Å²) in [4.78, 5) is 10.3. The molecule has 3 N–H and O–H groups in total. The van der Waals surface area contributed by atoms with Crippen LogP contribution >= 0.6 is 0 Å². The molecule has 1 fully saturated rings. The molecule has 3 heteroatoms. The average molecular weight is 173 g/mol. The molecule has 0 aromatic heterocycles. The van der Waals surface area contributed by atoms with E-state index in [2.05, 4.69) is 5.73 Å². The summed E-state index contributed by atoms with van der Waals surface area (Å²) >= 11 is 0. The lowest BCUT2D eigenvalue weighted by molar-refractivity contribution is -0.138. The largest absolute Gasteiger partial charge is 0.481 e. The lowest BCUT2D eigenvalue weighted by Crippen LogP contribution is -2.10. The van der Waals surface area contributed by atoms with Crippen molar-refractivity contribution in [2.75, 3.05) is 7.05 Å². The van der Waals surface area contributed by atoms with Crippen molar-refractivity contribution in [1.29, 1.82) is 0 Å². The van der Waals surface area contributed by atoms with Gasteiger partial charge in [-0.15, -0.1) is 0 Å². The number of hydrogen-bond acceptors (Lipinski definition) is 2. The van der Waals surface area contributed by atoms with Crippen molar-refractivity contribution >= 4 is 5.97 Å². The van der Waals surface area contributed by atoms with E-state index in [-0.39, 0.29) is 0 Å². The first-order valence-corrected chi connectivity index (χ1v) is 4.58. The molecule has 0 aromatic rings. The van der Waals surface area contributed by atoms with Gasteiger partial charge in [-0.25, -0.2) is 0 Å². The summed E-state index contributed by atoms with van der Waals surface area (Å²) < 4.78 is 0. The van der Waals surface area contributed by atoms with E-state index < -0.39 is 5.97 Å². The van der Waals surface area contributed by atoms with Gasteiger partial charge in [-0.05, 0) is 25.8 Å². The van der Waals surface area contributed by atoms with E-state index >= 15 is 0 Å². The second kappa shape index (κ2) is 7.10. The van der Waals surface area contributed by atoms with Crippen LogP contribution < -0.4 is 5.73 Å². The highest BCUT2D eigenvalue weighted by atomic mass is 16.4. The maximum atomic E-state index is 10.3. The molecular weight excluding hydrogens is 154 g/mol. The Morgan fingerprint density at radius 2 is 1.83 bits per heavy atom. The van der Waals surface area contributed by atoms with E-state index in [0.29, 0.717) is 12.3 Å². The molecule has 0 aliphatic heterocycles. The molecule has 12 heavy (non-hydrogen) atoms. The van der Waals surface area contributed by atoms with E-state index in [9.17, 15) is 4.79 Å². The Bertz CT molecular complexity index is 120. The van der Waals surface area contributed by atoms with Gasteiger partial charge in [0.25, 0.3) is 0 Å². The molecule has 0 atom stereocenters. The second-order valence-electron chi connectivity index (χ2n) is 3.10. The number of carboxylic acid groups (broad SMARTS) is 1. The third-order valence-electron chi connectivity index (χ3n) is 2.19. The van der Waals surface area contributed by atoms with Crippen LogP contribution in [0.2, 0.25) is 0 Å². The van der Waals surface area contributed by atoms with Crippen molar-refractivity contribution in [2.24, 2.45) is 11.7 Å². The molecule has 0 spiro atoms. The fraction of sp³-hybridized carbons (Fsp3) is 0.889. The molecular formula is C9H19NO2. The number of hydrogen-bond donors (Lipinski definition) is 2. The number of nitrogens with two attached hydrogens (primary N) is 1. The Hall–Kier alpha value is -0.570. The fourth-order valence-corrected chi connectivity index (χ4v) is 1.64. The number of carboxylic acids is 1. The minimum atomic E-state index is -0.632. The first-order valence-electron chi connectivity index (χ1n) is 4.58. The minimum Gasteiger partial charge on any atom is -0.481 e. The Morgan fingerprint density at radius 3 is 2.25 bits per heavy atom. The molecule has 1 aliphatic rings. The van der Waals surface area contributed by atoms with Crippen LogP contribution in [-0.2, 0) is 4.79 Å². The summed E-state index contributed by atoms with van der Waals surface area (Å²) in [6.45, 7) is 0. The van der Waals surface area contributed by atoms with E-state index in [1.165, 1.54) is 26.3 Å². The number of rotatable bonds is 2. The Balaban J connectivity index is 0.000000561.